The number of rotatable bonds is 5. The van der Waals surface area contributed by atoms with Gasteiger partial charge in [-0.05, 0) is 56.2 Å². The van der Waals surface area contributed by atoms with Gasteiger partial charge in [-0.2, -0.15) is 0 Å². The number of carbonyl (C=O) groups excluding carboxylic acids is 3. The van der Waals surface area contributed by atoms with Gasteiger partial charge in [-0.25, -0.2) is 4.98 Å². The molecule has 1 aromatic heterocycles. The van der Waals surface area contributed by atoms with Crippen LogP contribution in [-0.4, -0.2) is 29.3 Å². The Kier molecular flexibility index (Phi) is 5.22. The second-order valence-corrected chi connectivity index (χ2v) is 8.78. The normalized spacial score (nSPS) is 20.0. The van der Waals surface area contributed by atoms with Crippen LogP contribution in [0.3, 0.4) is 0 Å². The van der Waals surface area contributed by atoms with Gasteiger partial charge in [0.05, 0.1) is 34.3 Å². The highest BCUT2D eigenvalue weighted by Crippen LogP contribution is 2.38. The summed E-state index contributed by atoms with van der Waals surface area (Å²) in [6.07, 6.45) is 5.06. The highest BCUT2D eigenvalue weighted by molar-refractivity contribution is 7.22. The molecule has 162 valence electrons. The van der Waals surface area contributed by atoms with Crippen LogP contribution >= 0.6 is 11.3 Å². The van der Waals surface area contributed by atoms with Crippen molar-refractivity contribution < 1.29 is 19.1 Å². The Bertz CT molecular complexity index is 1240. The number of imide groups is 1. The number of hydrogen-bond donors (Lipinski definition) is 1. The minimum atomic E-state index is -0.353. The summed E-state index contributed by atoms with van der Waals surface area (Å²) >= 11 is 1.36. The predicted octanol–water partition coefficient (Wildman–Crippen LogP) is 4.40. The maximum atomic E-state index is 12.9. The lowest BCUT2D eigenvalue weighted by atomic mass is 9.85. The molecule has 1 fully saturated rings. The molecular weight excluding hydrogens is 426 g/mol. The smallest absolute Gasteiger partial charge is 0.257 e. The molecule has 1 aliphatic carbocycles. The maximum absolute atomic E-state index is 12.9. The summed E-state index contributed by atoms with van der Waals surface area (Å²) < 4.78 is 6.42. The van der Waals surface area contributed by atoms with Gasteiger partial charge in [0, 0.05) is 5.56 Å². The molecule has 32 heavy (non-hydrogen) atoms. The first-order chi connectivity index (χ1) is 15.5. The Morgan fingerprint density at radius 1 is 1.12 bits per heavy atom. The molecule has 3 amide bonds. The monoisotopic (exact) mass is 447 g/mol. The van der Waals surface area contributed by atoms with Gasteiger partial charge in [0.1, 0.15) is 5.75 Å². The molecule has 7 nitrogen and oxygen atoms in total. The molecule has 2 aromatic carbocycles. The van der Waals surface area contributed by atoms with Gasteiger partial charge >= 0.3 is 0 Å². The van der Waals surface area contributed by atoms with E-state index in [4.69, 9.17) is 4.74 Å². The number of carbonyl (C=O) groups is 3. The minimum absolute atomic E-state index is 0.196. The summed E-state index contributed by atoms with van der Waals surface area (Å²) in [7, 11) is 0. The topological polar surface area (TPSA) is 88.6 Å². The Morgan fingerprint density at radius 3 is 2.59 bits per heavy atom. The van der Waals surface area contributed by atoms with Gasteiger partial charge in [0.25, 0.3) is 5.91 Å². The van der Waals surface area contributed by atoms with Crippen LogP contribution in [0.2, 0.25) is 0 Å². The highest BCUT2D eigenvalue weighted by atomic mass is 32.1. The number of thiazole rings is 1. The lowest BCUT2D eigenvalue weighted by Gasteiger charge is -2.15. The zero-order valence-electron chi connectivity index (χ0n) is 17.4. The maximum Gasteiger partial charge on any atom is 0.257 e. The third kappa shape index (κ3) is 3.56. The number of benzene rings is 2. The van der Waals surface area contributed by atoms with Crippen LogP contribution in [-0.2, 0) is 9.59 Å². The number of nitrogens with zero attached hydrogens (tertiary/aromatic N) is 2. The number of anilines is 2. The van der Waals surface area contributed by atoms with Gasteiger partial charge in [0.2, 0.25) is 11.8 Å². The van der Waals surface area contributed by atoms with Gasteiger partial charge in [0.15, 0.2) is 5.13 Å². The number of ether oxygens (including phenoxy) is 1. The number of hydrogen-bond acceptors (Lipinski definition) is 6. The largest absolute Gasteiger partial charge is 0.494 e. The number of nitrogens with one attached hydrogen (secondary N) is 1. The zero-order chi connectivity index (χ0) is 22.2. The van der Waals surface area contributed by atoms with Gasteiger partial charge in [-0.1, -0.05) is 29.6 Å². The molecule has 2 heterocycles. The molecular formula is C24H21N3O4S. The van der Waals surface area contributed by atoms with Crippen LogP contribution in [0.25, 0.3) is 10.2 Å². The zero-order valence-corrected chi connectivity index (χ0v) is 18.2. The van der Waals surface area contributed by atoms with Crippen molar-refractivity contribution in [1.82, 2.24) is 4.98 Å². The fraction of sp³-hybridized carbons (Fsp3) is 0.250. The van der Waals surface area contributed by atoms with E-state index in [1.807, 2.05) is 37.3 Å². The molecule has 0 radical (unpaired) electrons. The SMILES string of the molecule is CCOc1ccc2nc(NC(=O)c3cccc(N4C(=O)[C@H]5CC=CC[C@@H]5C4=O)c3)sc2c1. The molecule has 3 aromatic rings. The number of amides is 3. The molecule has 0 unspecified atom stereocenters. The Hall–Kier alpha value is -3.52. The summed E-state index contributed by atoms with van der Waals surface area (Å²) in [6, 6.07) is 12.2. The first-order valence-corrected chi connectivity index (χ1v) is 11.3. The van der Waals surface area contributed by atoms with Gasteiger partial charge < -0.3 is 4.74 Å². The fourth-order valence-electron chi connectivity index (χ4n) is 4.23. The summed E-state index contributed by atoms with van der Waals surface area (Å²) in [5, 5.41) is 3.29. The number of allylic oxidation sites excluding steroid dienone is 2. The van der Waals surface area contributed by atoms with E-state index in [0.717, 1.165) is 16.0 Å². The molecule has 2 atom stereocenters. The number of aromatic nitrogens is 1. The van der Waals surface area contributed by atoms with E-state index in [-0.39, 0.29) is 29.6 Å². The summed E-state index contributed by atoms with van der Waals surface area (Å²) in [5.74, 6) is -0.612. The molecule has 0 bridgehead atoms. The molecule has 1 saturated heterocycles. The van der Waals surface area contributed by atoms with Crippen LogP contribution in [0.4, 0.5) is 10.8 Å². The molecule has 0 spiro atoms. The van der Waals surface area contributed by atoms with E-state index < -0.39 is 0 Å². The molecule has 1 N–H and O–H groups in total. The van der Waals surface area contributed by atoms with E-state index in [9.17, 15) is 14.4 Å². The van der Waals surface area contributed by atoms with Crippen molar-refractivity contribution in [2.75, 3.05) is 16.8 Å². The van der Waals surface area contributed by atoms with Crippen molar-refractivity contribution in [3.63, 3.8) is 0 Å². The molecule has 1 aliphatic heterocycles. The van der Waals surface area contributed by atoms with Crippen molar-refractivity contribution in [2.45, 2.75) is 19.8 Å². The summed E-state index contributed by atoms with van der Waals surface area (Å²) in [6.45, 7) is 2.50. The standard InChI is InChI=1S/C24H21N3O4S/c1-2-31-16-10-11-19-20(13-16)32-24(25-19)26-21(28)14-6-5-7-15(12-14)27-22(29)17-8-3-4-9-18(17)23(27)30/h3-7,10-13,17-18H,2,8-9H2,1H3,(H,25,26,28)/t17-,18-/m0/s1. The van der Waals surface area contributed by atoms with Gasteiger partial charge in [-0.3, -0.25) is 24.6 Å². The van der Waals surface area contributed by atoms with Crippen molar-refractivity contribution >= 4 is 50.1 Å². The number of fused-ring (bicyclic) bond motifs is 2. The fourth-order valence-corrected chi connectivity index (χ4v) is 5.11. The first kappa shape index (κ1) is 20.4. The molecule has 2 aliphatic rings. The van der Waals surface area contributed by atoms with Crippen molar-refractivity contribution in [3.8, 4) is 5.75 Å². The summed E-state index contributed by atoms with van der Waals surface area (Å²) in [5.41, 5.74) is 1.55. The lowest BCUT2D eigenvalue weighted by molar-refractivity contribution is -0.122. The van der Waals surface area contributed by atoms with Crippen molar-refractivity contribution in [2.24, 2.45) is 11.8 Å². The van der Waals surface area contributed by atoms with E-state index >= 15 is 0 Å². The first-order valence-electron chi connectivity index (χ1n) is 10.5. The Labute approximate surface area is 188 Å². The molecule has 8 heteroatoms. The average Bonchev–Trinajstić information content (AvgIpc) is 3.31. The van der Waals surface area contributed by atoms with E-state index in [1.54, 1.807) is 24.3 Å². The van der Waals surface area contributed by atoms with Crippen LogP contribution in [0.15, 0.2) is 54.6 Å². The van der Waals surface area contributed by atoms with Crippen LogP contribution in [0.1, 0.15) is 30.1 Å². The highest BCUT2D eigenvalue weighted by Gasteiger charge is 2.47. The van der Waals surface area contributed by atoms with E-state index in [1.165, 1.54) is 16.2 Å². The minimum Gasteiger partial charge on any atom is -0.494 e. The Balaban J connectivity index is 1.36. The van der Waals surface area contributed by atoms with Crippen LogP contribution in [0, 0.1) is 11.8 Å². The third-order valence-electron chi connectivity index (χ3n) is 5.77. The predicted molar refractivity (Wildman–Crippen MR) is 123 cm³/mol. The van der Waals surface area contributed by atoms with Crippen LogP contribution < -0.4 is 15.0 Å². The average molecular weight is 448 g/mol. The summed E-state index contributed by atoms with van der Waals surface area (Å²) in [4.78, 5) is 44.3. The van der Waals surface area contributed by atoms with E-state index in [0.29, 0.717) is 35.8 Å². The third-order valence-corrected chi connectivity index (χ3v) is 6.70. The van der Waals surface area contributed by atoms with Crippen molar-refractivity contribution in [3.05, 3.63) is 60.2 Å². The molecule has 0 saturated carbocycles. The lowest BCUT2D eigenvalue weighted by Crippen LogP contribution is -2.31. The van der Waals surface area contributed by atoms with E-state index in [2.05, 4.69) is 10.3 Å². The Morgan fingerprint density at radius 2 is 1.88 bits per heavy atom. The van der Waals surface area contributed by atoms with Crippen molar-refractivity contribution in [1.29, 1.82) is 0 Å². The second kappa shape index (κ2) is 8.20. The second-order valence-electron chi connectivity index (χ2n) is 7.75. The molecule has 5 rings (SSSR count). The van der Waals surface area contributed by atoms with Gasteiger partial charge in [-0.15, -0.1) is 0 Å². The van der Waals surface area contributed by atoms with Crippen LogP contribution in [0.5, 0.6) is 5.75 Å². The quantitative estimate of drug-likeness (QED) is 0.463.